The largest absolute Gasteiger partial charge is 0.477 e. The van der Waals surface area contributed by atoms with Gasteiger partial charge in [-0.1, -0.05) is 42.5 Å². The molecule has 2 heterocycles. The number of aryl methyl sites for hydroxylation is 2. The second kappa shape index (κ2) is 9.02. The van der Waals surface area contributed by atoms with Crippen LogP contribution in [0.2, 0.25) is 0 Å². The Morgan fingerprint density at radius 1 is 1.06 bits per heavy atom. The molecule has 172 valence electrons. The van der Waals surface area contributed by atoms with Crippen LogP contribution >= 0.6 is 0 Å². The molecule has 0 saturated carbocycles. The first-order valence-electron chi connectivity index (χ1n) is 11.3. The van der Waals surface area contributed by atoms with E-state index >= 15 is 0 Å². The molecule has 0 saturated heterocycles. The van der Waals surface area contributed by atoms with Crippen molar-refractivity contribution in [1.82, 2.24) is 14.9 Å². The average Bonchev–Trinajstić information content (AvgIpc) is 3.16. The molecule has 34 heavy (non-hydrogen) atoms. The van der Waals surface area contributed by atoms with Crippen molar-refractivity contribution in [2.75, 3.05) is 18.0 Å². The van der Waals surface area contributed by atoms with Crippen molar-refractivity contribution < 1.29 is 14.3 Å². The molecule has 1 N–H and O–H groups in total. The molecular weight excluding hydrogens is 428 g/mol. The van der Waals surface area contributed by atoms with Gasteiger partial charge in [-0.15, -0.1) is 0 Å². The maximum absolute atomic E-state index is 13.6. The van der Waals surface area contributed by atoms with Gasteiger partial charge in [-0.3, -0.25) is 9.59 Å². The zero-order chi connectivity index (χ0) is 23.7. The number of fused-ring (bicyclic) bond motifs is 2. The number of aromatic nitrogens is 2. The van der Waals surface area contributed by atoms with Crippen LogP contribution in [0.4, 0.5) is 5.69 Å². The number of benzene rings is 3. The van der Waals surface area contributed by atoms with E-state index in [-0.39, 0.29) is 18.4 Å². The summed E-state index contributed by atoms with van der Waals surface area (Å²) in [6.07, 6.45) is -0.0716. The van der Waals surface area contributed by atoms with Crippen molar-refractivity contribution in [2.45, 2.75) is 19.4 Å². The van der Waals surface area contributed by atoms with Crippen LogP contribution < -0.4 is 15.0 Å². The number of para-hydroxylation sites is 2. The van der Waals surface area contributed by atoms with E-state index in [1.54, 1.807) is 23.1 Å². The topological polar surface area (TPSA) is 76.5 Å². The number of nitrogens with zero attached hydrogens (tertiary/aromatic N) is 3. The monoisotopic (exact) mass is 454 g/mol. The molecule has 0 unspecified atom stereocenters. The van der Waals surface area contributed by atoms with E-state index in [1.165, 1.54) is 0 Å². The van der Waals surface area contributed by atoms with Crippen molar-refractivity contribution >= 4 is 28.5 Å². The van der Waals surface area contributed by atoms with Crippen molar-refractivity contribution in [3.05, 3.63) is 89.7 Å². The van der Waals surface area contributed by atoms with Gasteiger partial charge in [0.1, 0.15) is 11.6 Å². The minimum atomic E-state index is -0.796. The van der Waals surface area contributed by atoms with Gasteiger partial charge in [0, 0.05) is 19.2 Å². The van der Waals surface area contributed by atoms with E-state index in [9.17, 15) is 9.59 Å². The highest BCUT2D eigenvalue weighted by Gasteiger charge is 2.34. The van der Waals surface area contributed by atoms with Gasteiger partial charge in [0.25, 0.3) is 11.8 Å². The molecular formula is C27H26N4O3. The highest BCUT2D eigenvalue weighted by atomic mass is 16.5. The molecule has 1 atom stereocenters. The summed E-state index contributed by atoms with van der Waals surface area (Å²) in [7, 11) is 1.95. The third-order valence-corrected chi connectivity index (χ3v) is 6.22. The zero-order valence-electron chi connectivity index (χ0n) is 19.2. The fraction of sp³-hybridized carbons (Fsp3) is 0.222. The van der Waals surface area contributed by atoms with Crippen LogP contribution in [0.1, 0.15) is 21.7 Å². The van der Waals surface area contributed by atoms with E-state index in [1.807, 2.05) is 73.1 Å². The maximum Gasteiger partial charge on any atom is 0.262 e. The van der Waals surface area contributed by atoms with Crippen LogP contribution in [-0.2, 0) is 18.3 Å². The van der Waals surface area contributed by atoms with Crippen LogP contribution in [0.25, 0.3) is 11.0 Å². The molecule has 1 aliphatic heterocycles. The third-order valence-electron chi connectivity index (χ3n) is 6.22. The minimum Gasteiger partial charge on any atom is -0.477 e. The van der Waals surface area contributed by atoms with Gasteiger partial charge in [-0.05, 0) is 49.2 Å². The fourth-order valence-corrected chi connectivity index (χ4v) is 4.26. The van der Waals surface area contributed by atoms with Gasteiger partial charge in [0.05, 0.1) is 23.3 Å². The summed E-state index contributed by atoms with van der Waals surface area (Å²) in [6, 6.07) is 22.8. The third kappa shape index (κ3) is 4.12. The maximum atomic E-state index is 13.6. The van der Waals surface area contributed by atoms with Gasteiger partial charge in [-0.25, -0.2) is 4.98 Å². The number of anilines is 1. The summed E-state index contributed by atoms with van der Waals surface area (Å²) < 4.78 is 7.97. The van der Waals surface area contributed by atoms with E-state index < -0.39 is 6.10 Å². The number of rotatable bonds is 5. The minimum absolute atomic E-state index is 0.131. The summed E-state index contributed by atoms with van der Waals surface area (Å²) in [5.41, 5.74) is 4.05. The van der Waals surface area contributed by atoms with Crippen LogP contribution in [0, 0.1) is 6.92 Å². The number of carbonyl (C=O) groups excluding carboxylic acids is 2. The van der Waals surface area contributed by atoms with Gasteiger partial charge >= 0.3 is 0 Å². The normalized spacial score (nSPS) is 15.0. The van der Waals surface area contributed by atoms with Crippen LogP contribution in [0.5, 0.6) is 5.75 Å². The Balaban J connectivity index is 1.36. The van der Waals surface area contributed by atoms with Crippen molar-refractivity contribution in [3.63, 3.8) is 0 Å². The van der Waals surface area contributed by atoms with Gasteiger partial charge in [0.2, 0.25) is 0 Å². The number of hydrogen-bond acceptors (Lipinski definition) is 4. The van der Waals surface area contributed by atoms with E-state index in [0.717, 1.165) is 28.8 Å². The Kier molecular flexibility index (Phi) is 5.76. The van der Waals surface area contributed by atoms with Crippen molar-refractivity contribution in [2.24, 2.45) is 7.05 Å². The lowest BCUT2D eigenvalue weighted by molar-refractivity contribution is -0.127. The molecule has 1 aliphatic rings. The Labute approximate surface area is 198 Å². The molecule has 0 bridgehead atoms. The molecule has 0 fully saturated rings. The average molecular weight is 455 g/mol. The highest BCUT2D eigenvalue weighted by molar-refractivity contribution is 6.09. The van der Waals surface area contributed by atoms with Crippen LogP contribution in [0.3, 0.4) is 0 Å². The van der Waals surface area contributed by atoms with Gasteiger partial charge < -0.3 is 19.5 Å². The second-order valence-electron chi connectivity index (χ2n) is 8.44. The number of hydrogen-bond donors (Lipinski definition) is 1. The number of imidazole rings is 1. The van der Waals surface area contributed by atoms with E-state index in [4.69, 9.17) is 4.74 Å². The lowest BCUT2D eigenvalue weighted by atomic mass is 10.1. The fourth-order valence-electron chi connectivity index (χ4n) is 4.26. The summed E-state index contributed by atoms with van der Waals surface area (Å²) in [5.74, 6) is 0.964. The first-order valence-corrected chi connectivity index (χ1v) is 11.3. The number of amides is 2. The summed E-state index contributed by atoms with van der Waals surface area (Å²) in [5, 5.41) is 2.95. The molecule has 0 radical (unpaired) electrons. The smallest absolute Gasteiger partial charge is 0.262 e. The number of ether oxygens (including phenoxy) is 1. The predicted octanol–water partition coefficient (Wildman–Crippen LogP) is 3.65. The molecule has 5 rings (SSSR count). The summed E-state index contributed by atoms with van der Waals surface area (Å²) in [6.45, 7) is 2.56. The van der Waals surface area contributed by atoms with E-state index in [2.05, 4.69) is 10.3 Å². The molecule has 1 aromatic heterocycles. The number of carbonyl (C=O) groups is 2. The molecule has 3 aromatic carbocycles. The standard InChI is InChI=1S/C27H26N4O3/c1-18-29-21-16-20(12-13-22(21)30(18)2)27(33)31-17-25(34-24-11-7-6-10-23(24)31)26(32)28-15-14-19-8-4-3-5-9-19/h3-13,16,25H,14-15,17H2,1-2H3,(H,28,32)/t25-/m0/s1. The van der Waals surface area contributed by atoms with Gasteiger partial charge in [0.15, 0.2) is 6.10 Å². The predicted molar refractivity (Wildman–Crippen MR) is 131 cm³/mol. The molecule has 4 aromatic rings. The summed E-state index contributed by atoms with van der Waals surface area (Å²) >= 11 is 0. The molecule has 2 amide bonds. The van der Waals surface area contributed by atoms with Crippen molar-refractivity contribution in [3.8, 4) is 5.75 Å². The quantitative estimate of drug-likeness (QED) is 0.500. The Hall–Kier alpha value is -4.13. The van der Waals surface area contributed by atoms with Crippen LogP contribution in [0.15, 0.2) is 72.8 Å². The molecule has 7 nitrogen and oxygen atoms in total. The molecule has 0 aliphatic carbocycles. The van der Waals surface area contributed by atoms with Gasteiger partial charge in [-0.2, -0.15) is 0 Å². The Morgan fingerprint density at radius 3 is 2.65 bits per heavy atom. The zero-order valence-corrected chi connectivity index (χ0v) is 19.2. The second-order valence-corrected chi connectivity index (χ2v) is 8.44. The van der Waals surface area contributed by atoms with E-state index in [0.29, 0.717) is 23.5 Å². The first-order chi connectivity index (χ1) is 16.5. The number of nitrogens with one attached hydrogen (secondary N) is 1. The Morgan fingerprint density at radius 2 is 1.82 bits per heavy atom. The molecule has 7 heteroatoms. The Bertz CT molecular complexity index is 1360. The lowest BCUT2D eigenvalue weighted by Crippen LogP contribution is -2.51. The summed E-state index contributed by atoms with van der Waals surface area (Å²) in [4.78, 5) is 32.7. The first kappa shape index (κ1) is 21.7. The lowest BCUT2D eigenvalue weighted by Gasteiger charge is -2.34. The van der Waals surface area contributed by atoms with Crippen LogP contribution in [-0.4, -0.2) is 40.6 Å². The SMILES string of the molecule is Cc1nc2cc(C(=O)N3C[C@@H](C(=O)NCCc4ccccc4)Oc4ccccc43)ccc2n1C. The molecule has 0 spiro atoms. The highest BCUT2D eigenvalue weighted by Crippen LogP contribution is 2.34. The van der Waals surface area contributed by atoms with Crippen molar-refractivity contribution in [1.29, 1.82) is 0 Å².